The molecule has 0 radical (unpaired) electrons. The van der Waals surface area contributed by atoms with Gasteiger partial charge in [0.15, 0.2) is 0 Å². The fourth-order valence-electron chi connectivity index (χ4n) is 2.81. The first kappa shape index (κ1) is 14.0. The van der Waals surface area contributed by atoms with E-state index in [9.17, 15) is 4.79 Å². The van der Waals surface area contributed by atoms with E-state index in [1.165, 1.54) is 5.56 Å². The SMILES string of the molecule is CC1C(CC(=O)O)N(C)CCN1Cc1ccccc1. The van der Waals surface area contributed by atoms with E-state index in [0.29, 0.717) is 0 Å². The van der Waals surface area contributed by atoms with Crippen molar-refractivity contribution in [2.75, 3.05) is 20.1 Å². The van der Waals surface area contributed by atoms with E-state index in [-0.39, 0.29) is 18.5 Å². The maximum Gasteiger partial charge on any atom is 0.304 e. The highest BCUT2D eigenvalue weighted by atomic mass is 16.4. The number of likely N-dealkylation sites (N-methyl/N-ethyl adjacent to an activating group) is 1. The number of nitrogens with zero attached hydrogens (tertiary/aromatic N) is 2. The van der Waals surface area contributed by atoms with Gasteiger partial charge < -0.3 is 10.0 Å². The van der Waals surface area contributed by atoms with E-state index >= 15 is 0 Å². The molecule has 1 aromatic rings. The Kier molecular flexibility index (Phi) is 4.56. The molecule has 1 aliphatic heterocycles. The summed E-state index contributed by atoms with van der Waals surface area (Å²) in [5.41, 5.74) is 1.29. The van der Waals surface area contributed by atoms with Crippen molar-refractivity contribution in [1.82, 2.24) is 9.80 Å². The van der Waals surface area contributed by atoms with E-state index in [2.05, 4.69) is 28.9 Å². The third kappa shape index (κ3) is 3.55. The van der Waals surface area contributed by atoms with E-state index in [4.69, 9.17) is 5.11 Å². The van der Waals surface area contributed by atoms with Crippen molar-refractivity contribution >= 4 is 5.97 Å². The molecular weight excluding hydrogens is 240 g/mol. The molecule has 0 saturated carbocycles. The van der Waals surface area contributed by atoms with Gasteiger partial charge in [0.1, 0.15) is 0 Å². The van der Waals surface area contributed by atoms with Crippen molar-refractivity contribution < 1.29 is 9.90 Å². The summed E-state index contributed by atoms with van der Waals surface area (Å²) >= 11 is 0. The third-order valence-electron chi connectivity index (χ3n) is 4.05. The molecule has 1 aromatic carbocycles. The Morgan fingerprint density at radius 2 is 2.00 bits per heavy atom. The molecule has 4 nitrogen and oxygen atoms in total. The summed E-state index contributed by atoms with van der Waals surface area (Å²) in [7, 11) is 2.02. The second-order valence-electron chi connectivity index (χ2n) is 5.34. The van der Waals surface area contributed by atoms with Crippen molar-refractivity contribution in [2.24, 2.45) is 0 Å². The van der Waals surface area contributed by atoms with Crippen LogP contribution in [-0.2, 0) is 11.3 Å². The average Bonchev–Trinajstić information content (AvgIpc) is 2.39. The van der Waals surface area contributed by atoms with Crippen LogP contribution in [0.5, 0.6) is 0 Å². The highest BCUT2D eigenvalue weighted by Crippen LogP contribution is 2.20. The van der Waals surface area contributed by atoms with Crippen LogP contribution in [0.2, 0.25) is 0 Å². The summed E-state index contributed by atoms with van der Waals surface area (Å²) in [5, 5.41) is 9.03. The van der Waals surface area contributed by atoms with Gasteiger partial charge in [0.05, 0.1) is 6.42 Å². The Bertz CT molecular complexity index is 421. The van der Waals surface area contributed by atoms with Gasteiger partial charge in [-0.1, -0.05) is 30.3 Å². The first-order valence-corrected chi connectivity index (χ1v) is 6.78. The quantitative estimate of drug-likeness (QED) is 0.896. The van der Waals surface area contributed by atoms with Gasteiger partial charge >= 0.3 is 5.97 Å². The van der Waals surface area contributed by atoms with Crippen LogP contribution < -0.4 is 0 Å². The lowest BCUT2D eigenvalue weighted by atomic mass is 9.99. The molecule has 1 aliphatic rings. The number of aliphatic carboxylic acids is 1. The largest absolute Gasteiger partial charge is 0.481 e. The van der Waals surface area contributed by atoms with Crippen LogP contribution in [0.1, 0.15) is 18.9 Å². The lowest BCUT2D eigenvalue weighted by Crippen LogP contribution is -2.57. The minimum absolute atomic E-state index is 0.0926. The maximum atomic E-state index is 11.0. The fraction of sp³-hybridized carbons (Fsp3) is 0.533. The molecule has 2 atom stereocenters. The summed E-state index contributed by atoms with van der Waals surface area (Å²) in [6, 6.07) is 10.7. The van der Waals surface area contributed by atoms with E-state index in [0.717, 1.165) is 19.6 Å². The molecule has 1 fully saturated rings. The Labute approximate surface area is 114 Å². The smallest absolute Gasteiger partial charge is 0.304 e. The number of benzene rings is 1. The van der Waals surface area contributed by atoms with Gasteiger partial charge in [-0.15, -0.1) is 0 Å². The van der Waals surface area contributed by atoms with Gasteiger partial charge in [0.25, 0.3) is 0 Å². The predicted molar refractivity (Wildman–Crippen MR) is 75.0 cm³/mol. The first-order chi connectivity index (χ1) is 9.08. The normalized spacial score (nSPS) is 25.4. The topological polar surface area (TPSA) is 43.8 Å². The zero-order chi connectivity index (χ0) is 13.8. The summed E-state index contributed by atoms with van der Waals surface area (Å²) in [4.78, 5) is 15.5. The average molecular weight is 262 g/mol. The van der Waals surface area contributed by atoms with Gasteiger partial charge in [-0.2, -0.15) is 0 Å². The molecule has 0 amide bonds. The monoisotopic (exact) mass is 262 g/mol. The lowest BCUT2D eigenvalue weighted by Gasteiger charge is -2.44. The highest BCUT2D eigenvalue weighted by molar-refractivity contribution is 5.67. The van der Waals surface area contributed by atoms with Crippen molar-refractivity contribution in [3.05, 3.63) is 35.9 Å². The summed E-state index contributed by atoms with van der Waals surface area (Å²) < 4.78 is 0. The molecule has 2 rings (SSSR count). The molecule has 0 bridgehead atoms. The van der Waals surface area contributed by atoms with Gasteiger partial charge in [-0.05, 0) is 19.5 Å². The van der Waals surface area contributed by atoms with Gasteiger partial charge in [-0.3, -0.25) is 9.69 Å². The van der Waals surface area contributed by atoms with Crippen LogP contribution in [-0.4, -0.2) is 53.1 Å². The van der Waals surface area contributed by atoms with Crippen molar-refractivity contribution in [1.29, 1.82) is 0 Å². The number of hydrogen-bond donors (Lipinski definition) is 1. The summed E-state index contributed by atoms with van der Waals surface area (Å²) in [6.45, 7) is 4.94. The van der Waals surface area contributed by atoms with Gasteiger partial charge in [0, 0.05) is 31.7 Å². The molecule has 1 heterocycles. The van der Waals surface area contributed by atoms with E-state index in [1.807, 2.05) is 25.2 Å². The zero-order valence-corrected chi connectivity index (χ0v) is 11.6. The Morgan fingerprint density at radius 1 is 1.32 bits per heavy atom. The second-order valence-corrected chi connectivity index (χ2v) is 5.34. The minimum Gasteiger partial charge on any atom is -0.481 e. The Hall–Kier alpha value is -1.39. The number of piperazine rings is 1. The van der Waals surface area contributed by atoms with Crippen molar-refractivity contribution in [3.63, 3.8) is 0 Å². The van der Waals surface area contributed by atoms with Crippen LogP contribution in [0.25, 0.3) is 0 Å². The Morgan fingerprint density at radius 3 is 2.63 bits per heavy atom. The van der Waals surface area contributed by atoms with Crippen LogP contribution >= 0.6 is 0 Å². The van der Waals surface area contributed by atoms with E-state index < -0.39 is 5.97 Å². The van der Waals surface area contributed by atoms with Gasteiger partial charge in [0.2, 0.25) is 0 Å². The lowest BCUT2D eigenvalue weighted by molar-refractivity contribution is -0.139. The van der Waals surface area contributed by atoms with Crippen molar-refractivity contribution in [3.8, 4) is 0 Å². The van der Waals surface area contributed by atoms with Crippen LogP contribution in [0.3, 0.4) is 0 Å². The molecule has 1 saturated heterocycles. The molecule has 19 heavy (non-hydrogen) atoms. The number of carboxylic acids is 1. The number of carboxylic acid groups (broad SMARTS) is 1. The molecule has 0 spiro atoms. The predicted octanol–water partition coefficient (Wildman–Crippen LogP) is 1.67. The number of carbonyl (C=O) groups is 1. The molecule has 1 N–H and O–H groups in total. The second kappa shape index (κ2) is 6.17. The molecule has 0 aliphatic carbocycles. The number of hydrogen-bond acceptors (Lipinski definition) is 3. The zero-order valence-electron chi connectivity index (χ0n) is 11.6. The Balaban J connectivity index is 2.04. The fourth-order valence-corrected chi connectivity index (χ4v) is 2.81. The van der Waals surface area contributed by atoms with Gasteiger partial charge in [-0.25, -0.2) is 0 Å². The van der Waals surface area contributed by atoms with Crippen LogP contribution in [0.15, 0.2) is 30.3 Å². The highest BCUT2D eigenvalue weighted by Gasteiger charge is 2.32. The first-order valence-electron chi connectivity index (χ1n) is 6.78. The summed E-state index contributed by atoms with van der Waals surface area (Å²) in [5.74, 6) is -0.717. The summed E-state index contributed by atoms with van der Waals surface area (Å²) in [6.07, 6.45) is 0.211. The molecule has 4 heteroatoms. The molecule has 2 unspecified atom stereocenters. The molecule has 104 valence electrons. The third-order valence-corrected chi connectivity index (χ3v) is 4.05. The van der Waals surface area contributed by atoms with Crippen LogP contribution in [0.4, 0.5) is 0 Å². The maximum absolute atomic E-state index is 11.0. The number of rotatable bonds is 4. The van der Waals surface area contributed by atoms with E-state index in [1.54, 1.807) is 0 Å². The van der Waals surface area contributed by atoms with Crippen LogP contribution in [0, 0.1) is 0 Å². The molecular formula is C15H22N2O2. The minimum atomic E-state index is -0.717. The molecule has 0 aromatic heterocycles. The van der Waals surface area contributed by atoms with Crippen molar-refractivity contribution in [2.45, 2.75) is 32.0 Å². The standard InChI is InChI=1S/C15H22N2O2/c1-12-14(10-15(18)19)16(2)8-9-17(12)11-13-6-4-3-5-7-13/h3-7,12,14H,8-11H2,1-2H3,(H,18,19).